The first-order valence-corrected chi connectivity index (χ1v) is 10.4. The fraction of sp³-hybridized carbons (Fsp3) is 0.111. The average molecular weight is 449 g/mol. The molecule has 0 radical (unpaired) electrons. The average Bonchev–Trinajstić information content (AvgIpc) is 3.11. The van der Waals surface area contributed by atoms with Crippen LogP contribution in [0.5, 0.6) is 0 Å². The Morgan fingerprint density at radius 2 is 1.74 bits per heavy atom. The van der Waals surface area contributed by atoms with Gasteiger partial charge in [0.1, 0.15) is 0 Å². The van der Waals surface area contributed by atoms with E-state index < -0.39 is 10.0 Å². The first-order chi connectivity index (χ1) is 12.9. The summed E-state index contributed by atoms with van der Waals surface area (Å²) >= 11 is 3.26. The van der Waals surface area contributed by atoms with Gasteiger partial charge in [-0.2, -0.15) is 5.10 Å². The molecule has 0 saturated heterocycles. The summed E-state index contributed by atoms with van der Waals surface area (Å²) < 4.78 is 29.2. The number of aromatic nitrogens is 2. The Morgan fingerprint density at radius 1 is 1.04 bits per heavy atom. The van der Waals surface area contributed by atoms with Crippen LogP contribution in [0.1, 0.15) is 6.42 Å². The summed E-state index contributed by atoms with van der Waals surface area (Å²) in [5.41, 5.74) is 0.875. The van der Waals surface area contributed by atoms with E-state index in [4.69, 9.17) is 0 Å². The van der Waals surface area contributed by atoms with Gasteiger partial charge in [0, 0.05) is 29.7 Å². The van der Waals surface area contributed by atoms with Crippen molar-refractivity contribution in [2.75, 3.05) is 11.9 Å². The Hall–Kier alpha value is -2.49. The second kappa shape index (κ2) is 8.47. The topological polar surface area (TPSA) is 93.1 Å². The van der Waals surface area contributed by atoms with E-state index in [0.717, 1.165) is 10.2 Å². The van der Waals surface area contributed by atoms with E-state index in [0.29, 0.717) is 5.82 Å². The van der Waals surface area contributed by atoms with Crippen LogP contribution in [0.15, 0.2) is 76.2 Å². The highest BCUT2D eigenvalue weighted by atomic mass is 79.9. The lowest BCUT2D eigenvalue weighted by Crippen LogP contribution is -2.27. The zero-order chi connectivity index (χ0) is 19.3. The number of sulfonamides is 1. The number of nitrogens with one attached hydrogen (secondary N) is 2. The summed E-state index contributed by atoms with van der Waals surface area (Å²) in [6, 6.07) is 17.4. The van der Waals surface area contributed by atoms with Gasteiger partial charge in [-0.15, -0.1) is 0 Å². The highest BCUT2D eigenvalue weighted by Gasteiger charge is 2.14. The van der Waals surface area contributed by atoms with Crippen LogP contribution < -0.4 is 10.0 Å². The van der Waals surface area contributed by atoms with Gasteiger partial charge < -0.3 is 5.32 Å². The van der Waals surface area contributed by atoms with Crippen molar-refractivity contribution in [3.8, 4) is 5.69 Å². The van der Waals surface area contributed by atoms with Crippen molar-refractivity contribution in [3.05, 3.63) is 71.3 Å². The number of anilines is 1. The van der Waals surface area contributed by atoms with Crippen molar-refractivity contribution < 1.29 is 13.2 Å². The Bertz CT molecular complexity index is 1020. The van der Waals surface area contributed by atoms with Crippen LogP contribution in [-0.4, -0.2) is 30.7 Å². The van der Waals surface area contributed by atoms with Crippen molar-refractivity contribution in [1.82, 2.24) is 14.5 Å². The third-order valence-corrected chi connectivity index (χ3v) is 5.65. The van der Waals surface area contributed by atoms with Crippen LogP contribution in [0.2, 0.25) is 0 Å². The lowest BCUT2D eigenvalue weighted by Gasteiger charge is -2.07. The summed E-state index contributed by atoms with van der Waals surface area (Å²) in [4.78, 5) is 12.2. The molecule has 0 spiro atoms. The molecule has 140 valence electrons. The molecule has 9 heteroatoms. The molecule has 0 saturated carbocycles. The lowest BCUT2D eigenvalue weighted by molar-refractivity contribution is -0.116. The molecule has 3 aromatic rings. The van der Waals surface area contributed by atoms with E-state index in [1.165, 1.54) is 12.1 Å². The van der Waals surface area contributed by atoms with Gasteiger partial charge in [-0.25, -0.2) is 17.8 Å². The van der Waals surface area contributed by atoms with E-state index in [1.807, 2.05) is 30.3 Å². The summed E-state index contributed by atoms with van der Waals surface area (Å²) in [5.74, 6) is 0.0754. The first-order valence-electron chi connectivity index (χ1n) is 8.10. The Kier molecular flexibility index (Phi) is 6.04. The number of para-hydroxylation sites is 1. The van der Waals surface area contributed by atoms with Gasteiger partial charge in [0.05, 0.1) is 10.6 Å². The summed E-state index contributed by atoms with van der Waals surface area (Å²) in [6.45, 7) is -0.0103. The maximum atomic E-state index is 12.2. The molecular formula is C18H17BrN4O3S. The molecule has 0 atom stereocenters. The zero-order valence-electron chi connectivity index (χ0n) is 14.2. The normalized spacial score (nSPS) is 11.3. The molecule has 1 aromatic heterocycles. The van der Waals surface area contributed by atoms with E-state index in [2.05, 4.69) is 31.1 Å². The van der Waals surface area contributed by atoms with Crippen LogP contribution >= 0.6 is 15.9 Å². The highest BCUT2D eigenvalue weighted by Crippen LogP contribution is 2.14. The van der Waals surface area contributed by atoms with Crippen LogP contribution in [-0.2, 0) is 14.8 Å². The number of nitrogens with zero attached hydrogens (tertiary/aromatic N) is 2. The van der Waals surface area contributed by atoms with Crippen LogP contribution in [0.4, 0.5) is 5.82 Å². The van der Waals surface area contributed by atoms with E-state index in [9.17, 15) is 13.2 Å². The van der Waals surface area contributed by atoms with Crippen molar-refractivity contribution in [2.24, 2.45) is 0 Å². The second-order valence-electron chi connectivity index (χ2n) is 5.63. The third-order valence-electron chi connectivity index (χ3n) is 3.65. The van der Waals surface area contributed by atoms with Crippen LogP contribution in [0, 0.1) is 0 Å². The van der Waals surface area contributed by atoms with Crippen molar-refractivity contribution in [1.29, 1.82) is 0 Å². The minimum atomic E-state index is -3.65. The number of benzene rings is 2. The van der Waals surface area contributed by atoms with Gasteiger partial charge in [0.15, 0.2) is 5.82 Å². The molecule has 0 bridgehead atoms. The number of rotatable bonds is 7. The summed E-state index contributed by atoms with van der Waals surface area (Å²) in [5, 5.41) is 6.93. The first kappa shape index (κ1) is 19.3. The number of halogens is 1. The summed E-state index contributed by atoms with van der Waals surface area (Å²) in [7, 11) is -3.65. The largest absolute Gasteiger partial charge is 0.309 e. The van der Waals surface area contributed by atoms with Crippen LogP contribution in [0.25, 0.3) is 5.69 Å². The van der Waals surface area contributed by atoms with Crippen LogP contribution in [0.3, 0.4) is 0 Å². The highest BCUT2D eigenvalue weighted by molar-refractivity contribution is 9.10. The van der Waals surface area contributed by atoms with E-state index >= 15 is 0 Å². The van der Waals surface area contributed by atoms with Gasteiger partial charge in [-0.05, 0) is 36.4 Å². The monoisotopic (exact) mass is 448 g/mol. The number of amides is 1. The third kappa shape index (κ3) is 5.25. The Balaban J connectivity index is 1.51. The van der Waals surface area contributed by atoms with Gasteiger partial charge in [0.2, 0.25) is 15.9 Å². The molecular weight excluding hydrogens is 432 g/mol. The van der Waals surface area contributed by atoms with Gasteiger partial charge >= 0.3 is 0 Å². The van der Waals surface area contributed by atoms with Crippen molar-refractivity contribution in [3.63, 3.8) is 0 Å². The van der Waals surface area contributed by atoms with Gasteiger partial charge in [-0.3, -0.25) is 4.79 Å². The fourth-order valence-corrected chi connectivity index (χ4v) is 3.61. The molecule has 1 amide bonds. The zero-order valence-corrected chi connectivity index (χ0v) is 16.6. The molecule has 2 N–H and O–H groups in total. The molecule has 1 heterocycles. The standard InChI is InChI=1S/C18H17BrN4O3S/c19-14-6-8-16(9-7-14)27(25,26)20-12-10-18(24)21-17-11-13-23(22-17)15-4-2-1-3-5-15/h1-9,11,13,20H,10,12H2,(H,21,22,24). The lowest BCUT2D eigenvalue weighted by atomic mass is 10.3. The predicted molar refractivity (Wildman–Crippen MR) is 106 cm³/mol. The van der Waals surface area contributed by atoms with E-state index in [-0.39, 0.29) is 23.8 Å². The SMILES string of the molecule is O=C(CCNS(=O)(=O)c1ccc(Br)cc1)Nc1ccn(-c2ccccc2)n1. The number of carbonyl (C=O) groups excluding carboxylic acids is 1. The number of carbonyl (C=O) groups is 1. The second-order valence-corrected chi connectivity index (χ2v) is 8.31. The van der Waals surface area contributed by atoms with Crippen molar-refractivity contribution in [2.45, 2.75) is 11.3 Å². The predicted octanol–water partition coefficient (Wildman–Crippen LogP) is 2.94. The molecule has 2 aromatic carbocycles. The summed E-state index contributed by atoms with van der Waals surface area (Å²) in [6.07, 6.45) is 1.73. The Morgan fingerprint density at radius 3 is 2.44 bits per heavy atom. The molecule has 0 fully saturated rings. The molecule has 3 rings (SSSR count). The maximum Gasteiger partial charge on any atom is 0.240 e. The molecule has 0 unspecified atom stereocenters. The fourth-order valence-electron chi connectivity index (χ4n) is 2.32. The molecule has 0 aliphatic carbocycles. The van der Waals surface area contributed by atoms with E-state index in [1.54, 1.807) is 29.1 Å². The minimum absolute atomic E-state index is 0.00600. The number of hydrogen-bond donors (Lipinski definition) is 2. The van der Waals surface area contributed by atoms with Gasteiger partial charge in [-0.1, -0.05) is 34.1 Å². The van der Waals surface area contributed by atoms with Crippen molar-refractivity contribution >= 4 is 37.7 Å². The Labute approximate surface area is 165 Å². The smallest absolute Gasteiger partial charge is 0.240 e. The molecule has 0 aliphatic rings. The molecule has 0 aliphatic heterocycles. The maximum absolute atomic E-state index is 12.2. The molecule has 7 nitrogen and oxygen atoms in total. The quantitative estimate of drug-likeness (QED) is 0.580. The molecule has 27 heavy (non-hydrogen) atoms. The minimum Gasteiger partial charge on any atom is -0.309 e. The number of hydrogen-bond acceptors (Lipinski definition) is 4. The van der Waals surface area contributed by atoms with Gasteiger partial charge in [0.25, 0.3) is 0 Å².